The number of hydrogen-bond donors (Lipinski definition) is 1. The Hall–Kier alpha value is -4.34. The number of fused-ring (bicyclic) bond motifs is 1. The highest BCUT2D eigenvalue weighted by Gasteiger charge is 2.31. The van der Waals surface area contributed by atoms with Crippen molar-refractivity contribution in [3.8, 4) is 11.4 Å². The number of ether oxygens (including phenoxy) is 1. The van der Waals surface area contributed by atoms with Crippen LogP contribution in [0.5, 0.6) is 5.75 Å². The number of unbranched alkanes of at least 4 members (excludes halogenated alkanes) is 1. The van der Waals surface area contributed by atoms with E-state index in [1.165, 1.54) is 16.7 Å². The Labute approximate surface area is 236 Å². The van der Waals surface area contributed by atoms with E-state index in [4.69, 9.17) is 9.72 Å². The molecule has 10 heteroatoms. The Balaban J connectivity index is 1.79. The molecule has 0 saturated heterocycles. The summed E-state index contributed by atoms with van der Waals surface area (Å²) in [5, 5.41) is 3.17. The summed E-state index contributed by atoms with van der Waals surface area (Å²) in [6, 6.07) is 17.3. The van der Waals surface area contributed by atoms with Crippen molar-refractivity contribution in [2.45, 2.75) is 52.3 Å². The Morgan fingerprint density at radius 2 is 1.68 bits per heavy atom. The fourth-order valence-electron chi connectivity index (χ4n) is 4.69. The van der Waals surface area contributed by atoms with Crippen molar-refractivity contribution in [1.29, 1.82) is 0 Å². The number of aromatic nitrogens is 2. The zero-order valence-electron chi connectivity index (χ0n) is 23.2. The van der Waals surface area contributed by atoms with Crippen LogP contribution in [0.25, 0.3) is 16.6 Å². The lowest BCUT2D eigenvalue weighted by molar-refractivity contribution is -0.137. The minimum atomic E-state index is -4.48. The molecule has 2 amide bonds. The molecule has 4 rings (SSSR count). The molecular formula is C31H33F3N4O3. The van der Waals surface area contributed by atoms with E-state index >= 15 is 0 Å². The molecule has 1 unspecified atom stereocenters. The molecule has 0 bridgehead atoms. The van der Waals surface area contributed by atoms with Crippen LogP contribution in [-0.4, -0.2) is 33.6 Å². The van der Waals surface area contributed by atoms with Crippen LogP contribution in [0.2, 0.25) is 0 Å². The molecule has 1 aromatic heterocycles. The quantitative estimate of drug-likeness (QED) is 0.215. The average molecular weight is 567 g/mol. The average Bonchev–Trinajstić information content (AvgIpc) is 2.96. The van der Waals surface area contributed by atoms with E-state index in [-0.39, 0.29) is 11.2 Å². The van der Waals surface area contributed by atoms with Gasteiger partial charge in [0.05, 0.1) is 34.8 Å². The van der Waals surface area contributed by atoms with Crippen molar-refractivity contribution in [2.75, 3.05) is 18.5 Å². The number of para-hydroxylation sites is 1. The number of carbonyl (C=O) groups excluding carboxylic acids is 1. The molecule has 0 spiro atoms. The standard InChI is InChI=1S/C31H33F3N4O3/c1-4-7-20-37(30(40)35-22-14-12-21(13-15-22)31(32,33)34)27(5-2)28-36-26-11-9-8-10-25(26)29(39)38(28)23-16-18-24(19-17-23)41-6-3/h8-19,27H,4-7,20H2,1-3H3,(H,35,40). The number of anilines is 1. The first-order valence-electron chi connectivity index (χ1n) is 13.7. The zero-order valence-corrected chi connectivity index (χ0v) is 23.2. The summed E-state index contributed by atoms with van der Waals surface area (Å²) in [5.74, 6) is 1.05. The zero-order chi connectivity index (χ0) is 29.6. The molecule has 41 heavy (non-hydrogen) atoms. The summed E-state index contributed by atoms with van der Waals surface area (Å²) in [5.41, 5.74) is 0.238. The third kappa shape index (κ3) is 6.70. The molecule has 0 radical (unpaired) electrons. The minimum Gasteiger partial charge on any atom is -0.494 e. The molecular weight excluding hydrogens is 533 g/mol. The molecule has 1 N–H and O–H groups in total. The van der Waals surface area contributed by atoms with Gasteiger partial charge in [-0.2, -0.15) is 13.2 Å². The fourth-order valence-corrected chi connectivity index (χ4v) is 4.69. The second kappa shape index (κ2) is 12.9. The van der Waals surface area contributed by atoms with E-state index in [9.17, 15) is 22.8 Å². The molecule has 0 aliphatic heterocycles. The summed E-state index contributed by atoms with van der Waals surface area (Å²) in [6.07, 6.45) is -2.56. The van der Waals surface area contributed by atoms with Crippen LogP contribution in [0.1, 0.15) is 57.5 Å². The Kier molecular flexibility index (Phi) is 9.31. The molecule has 7 nitrogen and oxygen atoms in total. The number of urea groups is 1. The molecule has 0 aliphatic rings. The minimum absolute atomic E-state index is 0.231. The van der Waals surface area contributed by atoms with Gasteiger partial charge in [0.25, 0.3) is 5.56 Å². The number of hydrogen-bond acceptors (Lipinski definition) is 4. The van der Waals surface area contributed by atoms with Crippen molar-refractivity contribution in [1.82, 2.24) is 14.5 Å². The SMILES string of the molecule is CCCCN(C(=O)Nc1ccc(C(F)(F)F)cc1)C(CC)c1nc2ccccc2c(=O)n1-c1ccc(OCC)cc1. The Bertz CT molecular complexity index is 1530. The molecule has 0 fully saturated rings. The van der Waals surface area contributed by atoms with Crippen molar-refractivity contribution in [2.24, 2.45) is 0 Å². The molecule has 216 valence electrons. The molecule has 1 atom stereocenters. The van der Waals surface area contributed by atoms with E-state index < -0.39 is 23.8 Å². The number of carbonyl (C=O) groups is 1. The Morgan fingerprint density at radius 3 is 2.29 bits per heavy atom. The van der Waals surface area contributed by atoms with E-state index in [2.05, 4.69) is 5.32 Å². The van der Waals surface area contributed by atoms with E-state index in [0.717, 1.165) is 18.6 Å². The maximum absolute atomic E-state index is 13.9. The number of nitrogens with one attached hydrogen (secondary N) is 1. The first-order chi connectivity index (χ1) is 19.7. The van der Waals surface area contributed by atoms with Crippen LogP contribution in [-0.2, 0) is 6.18 Å². The van der Waals surface area contributed by atoms with E-state index in [1.807, 2.05) is 20.8 Å². The van der Waals surface area contributed by atoms with Gasteiger partial charge >= 0.3 is 12.2 Å². The van der Waals surface area contributed by atoms with Crippen LogP contribution in [0.4, 0.5) is 23.7 Å². The van der Waals surface area contributed by atoms with Gasteiger partial charge in [0.2, 0.25) is 0 Å². The van der Waals surface area contributed by atoms with Gasteiger partial charge in [0, 0.05) is 12.2 Å². The lowest BCUT2D eigenvalue weighted by atomic mass is 10.1. The molecule has 3 aromatic carbocycles. The lowest BCUT2D eigenvalue weighted by Crippen LogP contribution is -2.41. The number of halogens is 3. The first kappa shape index (κ1) is 29.6. The van der Waals surface area contributed by atoms with Gasteiger partial charge in [-0.05, 0) is 80.4 Å². The topological polar surface area (TPSA) is 76.5 Å². The number of alkyl halides is 3. The van der Waals surface area contributed by atoms with Crippen LogP contribution in [0, 0.1) is 0 Å². The second-order valence-corrected chi connectivity index (χ2v) is 9.53. The number of benzene rings is 3. The maximum atomic E-state index is 13.9. The molecule has 0 aliphatic carbocycles. The normalized spacial score (nSPS) is 12.2. The van der Waals surface area contributed by atoms with Gasteiger partial charge < -0.3 is 15.0 Å². The third-order valence-corrected chi connectivity index (χ3v) is 6.75. The van der Waals surface area contributed by atoms with Crippen molar-refractivity contribution < 1.29 is 22.7 Å². The summed E-state index contributed by atoms with van der Waals surface area (Å²) < 4.78 is 46.2. The van der Waals surface area contributed by atoms with Crippen molar-refractivity contribution in [3.63, 3.8) is 0 Å². The smallest absolute Gasteiger partial charge is 0.416 e. The van der Waals surface area contributed by atoms with Crippen LogP contribution in [0.3, 0.4) is 0 Å². The van der Waals surface area contributed by atoms with E-state index in [1.54, 1.807) is 53.4 Å². The maximum Gasteiger partial charge on any atom is 0.416 e. The van der Waals surface area contributed by atoms with Gasteiger partial charge in [-0.3, -0.25) is 9.36 Å². The second-order valence-electron chi connectivity index (χ2n) is 9.53. The molecule has 0 saturated carbocycles. The monoisotopic (exact) mass is 566 g/mol. The van der Waals surface area contributed by atoms with Crippen molar-refractivity contribution >= 4 is 22.6 Å². The third-order valence-electron chi connectivity index (χ3n) is 6.75. The Morgan fingerprint density at radius 1 is 1.00 bits per heavy atom. The van der Waals surface area contributed by atoms with Gasteiger partial charge in [-0.15, -0.1) is 0 Å². The summed E-state index contributed by atoms with van der Waals surface area (Å²) in [7, 11) is 0. The van der Waals surface area contributed by atoms with Gasteiger partial charge in [0.15, 0.2) is 0 Å². The van der Waals surface area contributed by atoms with Gasteiger partial charge in [0.1, 0.15) is 11.6 Å². The predicted octanol–water partition coefficient (Wildman–Crippen LogP) is 7.59. The number of amides is 2. The van der Waals surface area contributed by atoms with Crippen LogP contribution >= 0.6 is 0 Å². The highest BCUT2D eigenvalue weighted by atomic mass is 19.4. The first-order valence-corrected chi connectivity index (χ1v) is 13.7. The molecule has 4 aromatic rings. The van der Waals surface area contributed by atoms with Crippen LogP contribution < -0.4 is 15.6 Å². The van der Waals surface area contributed by atoms with Crippen LogP contribution in [0.15, 0.2) is 77.6 Å². The number of rotatable bonds is 10. The van der Waals surface area contributed by atoms with Gasteiger partial charge in [-0.25, -0.2) is 9.78 Å². The summed E-state index contributed by atoms with van der Waals surface area (Å²) in [4.78, 5) is 34.0. The predicted molar refractivity (Wildman–Crippen MR) is 154 cm³/mol. The summed E-state index contributed by atoms with van der Waals surface area (Å²) >= 11 is 0. The summed E-state index contributed by atoms with van der Waals surface area (Å²) in [6.45, 7) is 6.64. The fraction of sp³-hybridized carbons (Fsp3) is 0.323. The molecule has 1 heterocycles. The number of nitrogens with zero attached hydrogens (tertiary/aromatic N) is 3. The highest BCUT2D eigenvalue weighted by Crippen LogP contribution is 2.31. The lowest BCUT2D eigenvalue weighted by Gasteiger charge is -2.32. The highest BCUT2D eigenvalue weighted by molar-refractivity contribution is 5.89. The van der Waals surface area contributed by atoms with E-state index in [0.29, 0.717) is 54.2 Å². The van der Waals surface area contributed by atoms with Crippen molar-refractivity contribution in [3.05, 3.63) is 94.5 Å². The van der Waals surface area contributed by atoms with Gasteiger partial charge in [-0.1, -0.05) is 32.4 Å². The largest absolute Gasteiger partial charge is 0.494 e.